The molecular weight excluding hydrogens is 536 g/mol. The molecule has 12 nitrogen and oxygen atoms in total. The smallest absolute Gasteiger partial charge is 0.408 e. The number of carbonyl (C=O) groups is 2. The zero-order chi connectivity index (χ0) is 27.3. The Kier molecular flexibility index (Phi) is 10.9. The van der Waals surface area contributed by atoms with E-state index >= 15 is 0 Å². The quantitative estimate of drug-likeness (QED) is 0.0569. The minimum atomic E-state index is -0.956. The number of nitro benzene ring substituents is 2. The van der Waals surface area contributed by atoms with Gasteiger partial charge in [-0.25, -0.2) is 14.3 Å². The summed E-state index contributed by atoms with van der Waals surface area (Å²) in [6.45, 7) is 0.107. The van der Waals surface area contributed by atoms with E-state index in [2.05, 4.69) is 10.0 Å². The molecule has 0 spiro atoms. The Labute approximate surface area is 225 Å². The lowest BCUT2D eigenvalue weighted by atomic mass is 10.2. The first-order chi connectivity index (χ1) is 18.3. The first-order valence-electron chi connectivity index (χ1n) is 11.0. The van der Waals surface area contributed by atoms with Gasteiger partial charge in [0.15, 0.2) is 0 Å². The van der Waals surface area contributed by atoms with E-state index in [0.717, 1.165) is 17.5 Å². The van der Waals surface area contributed by atoms with Crippen LogP contribution in [-0.2, 0) is 16.1 Å². The number of benzene rings is 3. The first-order valence-corrected chi connectivity index (χ1v) is 12.9. The predicted molar refractivity (Wildman–Crippen MR) is 142 cm³/mol. The van der Waals surface area contributed by atoms with Crippen molar-refractivity contribution >= 4 is 47.1 Å². The van der Waals surface area contributed by atoms with Crippen LogP contribution < -0.4 is 14.8 Å². The third-order valence-corrected chi connectivity index (χ3v) is 6.62. The van der Waals surface area contributed by atoms with Crippen molar-refractivity contribution in [1.82, 2.24) is 10.0 Å². The Balaban J connectivity index is 1.57. The molecule has 0 aliphatic rings. The number of nitrogens with zero attached hydrogens (tertiary/aromatic N) is 2. The molecule has 0 fully saturated rings. The van der Waals surface area contributed by atoms with E-state index in [1.54, 1.807) is 6.07 Å². The number of carbonyl (C=O) groups excluding carboxylic acids is 2. The van der Waals surface area contributed by atoms with Crippen LogP contribution in [0.25, 0.3) is 0 Å². The molecule has 3 aromatic carbocycles. The second kappa shape index (κ2) is 14.6. The van der Waals surface area contributed by atoms with Gasteiger partial charge >= 0.3 is 12.1 Å². The van der Waals surface area contributed by atoms with Gasteiger partial charge in [-0.1, -0.05) is 42.5 Å². The van der Waals surface area contributed by atoms with Crippen LogP contribution in [0.3, 0.4) is 0 Å². The fourth-order valence-corrected chi connectivity index (χ4v) is 4.60. The van der Waals surface area contributed by atoms with Crippen molar-refractivity contribution in [3.8, 4) is 5.75 Å². The highest BCUT2D eigenvalue weighted by molar-refractivity contribution is 7.99. The lowest BCUT2D eigenvalue weighted by Gasteiger charge is -2.17. The van der Waals surface area contributed by atoms with Crippen molar-refractivity contribution in [3.63, 3.8) is 0 Å². The summed E-state index contributed by atoms with van der Waals surface area (Å²) in [7, 11) is 0. The third kappa shape index (κ3) is 9.06. The Morgan fingerprint density at radius 2 is 1.58 bits per heavy atom. The number of non-ortho nitro benzene ring substituents is 1. The number of esters is 1. The third-order valence-electron chi connectivity index (χ3n) is 4.74. The number of hydrogen-bond donors (Lipinski definition) is 2. The minimum absolute atomic E-state index is 0.0932. The maximum Gasteiger partial charge on any atom is 0.408 e. The molecule has 198 valence electrons. The normalized spacial score (nSPS) is 11.3. The van der Waals surface area contributed by atoms with Crippen LogP contribution in [0.2, 0.25) is 0 Å². The fraction of sp³-hybridized carbons (Fsp3) is 0.167. The molecule has 3 aromatic rings. The van der Waals surface area contributed by atoms with Gasteiger partial charge in [-0.15, -0.1) is 11.8 Å². The van der Waals surface area contributed by atoms with Crippen LogP contribution in [-0.4, -0.2) is 39.6 Å². The Morgan fingerprint density at radius 1 is 0.895 bits per heavy atom. The molecule has 0 aromatic heterocycles. The second-order valence-electron chi connectivity index (χ2n) is 7.42. The molecule has 0 radical (unpaired) electrons. The van der Waals surface area contributed by atoms with E-state index in [9.17, 15) is 29.8 Å². The van der Waals surface area contributed by atoms with Crippen LogP contribution in [0.4, 0.5) is 16.2 Å². The largest absolute Gasteiger partial charge is 0.445 e. The number of ether oxygens (including phenoxy) is 2. The highest BCUT2D eigenvalue weighted by Crippen LogP contribution is 2.27. The zero-order valence-corrected chi connectivity index (χ0v) is 21.3. The molecule has 1 amide bonds. The van der Waals surface area contributed by atoms with Gasteiger partial charge in [-0.3, -0.25) is 20.2 Å². The number of amides is 1. The van der Waals surface area contributed by atoms with Gasteiger partial charge in [0, 0.05) is 24.0 Å². The van der Waals surface area contributed by atoms with Gasteiger partial charge in [0.1, 0.15) is 23.3 Å². The molecule has 14 heteroatoms. The molecule has 1 atom stereocenters. The zero-order valence-electron chi connectivity index (χ0n) is 19.7. The maximum absolute atomic E-state index is 12.9. The topological polar surface area (TPSA) is 163 Å². The maximum atomic E-state index is 12.9. The molecule has 38 heavy (non-hydrogen) atoms. The van der Waals surface area contributed by atoms with Gasteiger partial charge in [0.05, 0.1) is 15.7 Å². The molecule has 0 heterocycles. The summed E-state index contributed by atoms with van der Waals surface area (Å²) < 4.78 is 13.4. The number of nitrogens with one attached hydrogen (secondary N) is 2. The van der Waals surface area contributed by atoms with E-state index in [1.807, 2.05) is 30.3 Å². The van der Waals surface area contributed by atoms with E-state index in [4.69, 9.17) is 9.47 Å². The van der Waals surface area contributed by atoms with Crippen LogP contribution in [0, 0.1) is 20.2 Å². The highest BCUT2D eigenvalue weighted by atomic mass is 32.2. The predicted octanol–water partition coefficient (Wildman–Crippen LogP) is 4.69. The van der Waals surface area contributed by atoms with Gasteiger partial charge in [0.25, 0.3) is 11.4 Å². The Hall–Kier alpha value is -4.14. The molecule has 0 aliphatic heterocycles. The molecule has 0 saturated heterocycles. The SMILES string of the molecule is O=C(NCSC[C@H](NSc1ccccc1[N+](=O)[O-])C(=O)Oc1ccc([N+](=O)[O-])cc1)OCc1ccccc1. The van der Waals surface area contributed by atoms with Crippen LogP contribution in [0.5, 0.6) is 5.75 Å². The monoisotopic (exact) mass is 558 g/mol. The van der Waals surface area contributed by atoms with Crippen LogP contribution in [0.1, 0.15) is 5.56 Å². The van der Waals surface area contributed by atoms with Crippen molar-refractivity contribution in [3.05, 3.63) is 105 Å². The number of hydrogen-bond acceptors (Lipinski definition) is 11. The number of alkyl carbamates (subject to hydrolysis) is 1. The van der Waals surface area contributed by atoms with Crippen LogP contribution >= 0.6 is 23.7 Å². The standard InChI is InChI=1S/C24H22N4O8S2/c29-23(36-19-12-10-18(11-13-19)27(31)32)20(26-38-22-9-5-4-8-21(22)28(33)34)15-37-16-25-24(30)35-14-17-6-2-1-3-7-17/h1-13,20,26H,14-16H2,(H,25,30)/t20-/m0/s1. The minimum Gasteiger partial charge on any atom is -0.445 e. The number of para-hydroxylation sites is 1. The molecule has 0 bridgehead atoms. The molecule has 2 N–H and O–H groups in total. The van der Waals surface area contributed by atoms with Gasteiger partial charge < -0.3 is 14.8 Å². The van der Waals surface area contributed by atoms with Gasteiger partial charge in [0.2, 0.25) is 0 Å². The number of thioether (sulfide) groups is 1. The summed E-state index contributed by atoms with van der Waals surface area (Å²) in [6, 6.07) is 19.2. The summed E-state index contributed by atoms with van der Waals surface area (Å²) in [5.41, 5.74) is 0.538. The first kappa shape index (κ1) is 28.4. The van der Waals surface area contributed by atoms with E-state index in [0.29, 0.717) is 4.90 Å². The van der Waals surface area contributed by atoms with Crippen molar-refractivity contribution in [2.24, 2.45) is 0 Å². The van der Waals surface area contributed by atoms with Gasteiger partial charge in [-0.05, 0) is 35.7 Å². The fourth-order valence-electron chi connectivity index (χ4n) is 2.86. The summed E-state index contributed by atoms with van der Waals surface area (Å²) >= 11 is 2.08. The molecule has 0 saturated carbocycles. The van der Waals surface area contributed by atoms with E-state index < -0.39 is 28.0 Å². The van der Waals surface area contributed by atoms with E-state index in [1.165, 1.54) is 54.2 Å². The van der Waals surface area contributed by atoms with Gasteiger partial charge in [-0.2, -0.15) is 0 Å². The molecular formula is C24H22N4O8S2. The molecule has 0 aliphatic carbocycles. The Bertz CT molecular complexity index is 1260. The second-order valence-corrected chi connectivity index (χ2v) is 9.33. The van der Waals surface area contributed by atoms with Crippen molar-refractivity contribution in [1.29, 1.82) is 0 Å². The summed E-state index contributed by atoms with van der Waals surface area (Å²) in [5.74, 6) is -0.384. The molecule has 0 unspecified atom stereocenters. The lowest BCUT2D eigenvalue weighted by Crippen LogP contribution is -2.38. The average Bonchev–Trinajstić information content (AvgIpc) is 2.92. The summed E-state index contributed by atoms with van der Waals surface area (Å²) in [4.78, 5) is 46.1. The number of nitro groups is 2. The Morgan fingerprint density at radius 3 is 2.26 bits per heavy atom. The lowest BCUT2D eigenvalue weighted by molar-refractivity contribution is -0.387. The van der Waals surface area contributed by atoms with Crippen LogP contribution in [0.15, 0.2) is 83.8 Å². The highest BCUT2D eigenvalue weighted by Gasteiger charge is 2.23. The summed E-state index contributed by atoms with van der Waals surface area (Å²) in [6.07, 6.45) is -0.631. The van der Waals surface area contributed by atoms with Crippen molar-refractivity contribution < 1.29 is 28.9 Å². The van der Waals surface area contributed by atoms with Crippen molar-refractivity contribution in [2.45, 2.75) is 17.5 Å². The van der Waals surface area contributed by atoms with Crippen molar-refractivity contribution in [2.75, 3.05) is 11.6 Å². The average molecular weight is 559 g/mol. The molecule has 3 rings (SSSR count). The summed E-state index contributed by atoms with van der Waals surface area (Å²) in [5, 5.41) is 24.7. The van der Waals surface area contributed by atoms with E-state index in [-0.39, 0.29) is 35.4 Å². The number of rotatable bonds is 13.